The van der Waals surface area contributed by atoms with Crippen molar-refractivity contribution in [1.29, 1.82) is 0 Å². The molecule has 19 heavy (non-hydrogen) atoms. The number of alkyl halides is 6. The van der Waals surface area contributed by atoms with Crippen LogP contribution in [0.1, 0.15) is 13.8 Å². The number of carbonyl (C=O) groups is 2. The van der Waals surface area contributed by atoms with E-state index in [2.05, 4.69) is 0 Å². The van der Waals surface area contributed by atoms with Crippen molar-refractivity contribution in [3.8, 4) is 0 Å². The molecule has 112 valence electrons. The fourth-order valence-corrected chi connectivity index (χ4v) is 0.961. The normalized spacial score (nSPS) is 13.1. The third-order valence-electron chi connectivity index (χ3n) is 2.04. The minimum atomic E-state index is -5.73. The van der Waals surface area contributed by atoms with Gasteiger partial charge in [-0.3, -0.25) is 9.59 Å². The van der Waals surface area contributed by atoms with Gasteiger partial charge in [-0.2, -0.15) is 26.3 Å². The van der Waals surface area contributed by atoms with E-state index in [0.29, 0.717) is 0 Å². The first-order chi connectivity index (χ1) is 8.33. The van der Waals surface area contributed by atoms with Crippen LogP contribution in [0.3, 0.4) is 0 Å². The van der Waals surface area contributed by atoms with Crippen molar-refractivity contribution >= 4 is 11.8 Å². The molecule has 0 rings (SSSR count). The van der Waals surface area contributed by atoms with Gasteiger partial charge in [0.25, 0.3) is 0 Å². The summed E-state index contributed by atoms with van der Waals surface area (Å²) >= 11 is 0. The molecule has 0 saturated heterocycles. The first-order valence-electron chi connectivity index (χ1n) is 4.96. The standard InChI is InChI=1S/C9H12F6N2O2/c1-5(18)16-3-7(10,11)9(14,15)8(12,13)4-17-6(2)19/h3-4H2,1-2H3,(H,16,18)(H,17,19). The van der Waals surface area contributed by atoms with E-state index >= 15 is 0 Å². The van der Waals surface area contributed by atoms with Crippen molar-refractivity contribution < 1.29 is 35.9 Å². The Morgan fingerprint density at radius 1 is 0.789 bits per heavy atom. The number of carbonyl (C=O) groups excluding carboxylic acids is 2. The predicted octanol–water partition coefficient (Wildman–Crippen LogP) is 1.16. The summed E-state index contributed by atoms with van der Waals surface area (Å²) in [6.45, 7) is -2.34. The molecule has 0 aromatic heterocycles. The van der Waals surface area contributed by atoms with Gasteiger partial charge in [0.15, 0.2) is 0 Å². The third-order valence-corrected chi connectivity index (χ3v) is 2.04. The molecule has 0 aliphatic heterocycles. The summed E-state index contributed by atoms with van der Waals surface area (Å²) in [4.78, 5) is 20.7. The van der Waals surface area contributed by atoms with Crippen LogP contribution in [0.2, 0.25) is 0 Å². The molecule has 4 nitrogen and oxygen atoms in total. The second kappa shape index (κ2) is 5.66. The second-order valence-electron chi connectivity index (χ2n) is 3.80. The monoisotopic (exact) mass is 294 g/mol. The first-order valence-corrected chi connectivity index (χ1v) is 4.96. The molecule has 0 spiro atoms. The maximum Gasteiger partial charge on any atom is 0.375 e. The Morgan fingerprint density at radius 3 is 1.26 bits per heavy atom. The molecular formula is C9H12F6N2O2. The minimum Gasteiger partial charge on any atom is -0.350 e. The topological polar surface area (TPSA) is 58.2 Å². The zero-order valence-electron chi connectivity index (χ0n) is 10.00. The van der Waals surface area contributed by atoms with Crippen LogP contribution < -0.4 is 10.6 Å². The molecule has 0 saturated carbocycles. The van der Waals surface area contributed by atoms with Crippen molar-refractivity contribution in [3.05, 3.63) is 0 Å². The Kier molecular flexibility index (Phi) is 5.22. The summed E-state index contributed by atoms with van der Waals surface area (Å²) in [6.07, 6.45) is 0. The number of hydrogen-bond acceptors (Lipinski definition) is 2. The van der Waals surface area contributed by atoms with Crippen LogP contribution in [0, 0.1) is 0 Å². The van der Waals surface area contributed by atoms with Crippen molar-refractivity contribution in [2.45, 2.75) is 31.6 Å². The lowest BCUT2D eigenvalue weighted by Crippen LogP contribution is -2.61. The zero-order valence-corrected chi connectivity index (χ0v) is 10.00. The molecule has 0 unspecified atom stereocenters. The molecule has 0 aromatic rings. The molecule has 0 atom stereocenters. The molecule has 10 heteroatoms. The molecule has 0 aromatic carbocycles. The van der Waals surface area contributed by atoms with Crippen LogP contribution in [-0.4, -0.2) is 42.7 Å². The lowest BCUT2D eigenvalue weighted by Gasteiger charge is -2.32. The second-order valence-corrected chi connectivity index (χ2v) is 3.80. The van der Waals surface area contributed by atoms with Gasteiger partial charge >= 0.3 is 17.8 Å². The molecule has 2 amide bonds. The first kappa shape index (κ1) is 17.5. The molecule has 0 bridgehead atoms. The van der Waals surface area contributed by atoms with E-state index in [1.165, 1.54) is 10.6 Å². The Balaban J connectivity index is 4.98. The fourth-order valence-electron chi connectivity index (χ4n) is 0.961. The highest BCUT2D eigenvalue weighted by molar-refractivity contribution is 5.73. The molecule has 0 aliphatic carbocycles. The van der Waals surface area contributed by atoms with Gasteiger partial charge in [0.05, 0.1) is 13.1 Å². The van der Waals surface area contributed by atoms with Crippen LogP contribution in [-0.2, 0) is 9.59 Å². The van der Waals surface area contributed by atoms with E-state index in [1.54, 1.807) is 0 Å². The van der Waals surface area contributed by atoms with Gasteiger partial charge in [-0.25, -0.2) is 0 Å². The van der Waals surface area contributed by atoms with Crippen molar-refractivity contribution in [1.82, 2.24) is 10.6 Å². The highest BCUT2D eigenvalue weighted by atomic mass is 19.3. The van der Waals surface area contributed by atoms with Crippen LogP contribution >= 0.6 is 0 Å². The van der Waals surface area contributed by atoms with Gasteiger partial charge in [-0.05, 0) is 0 Å². The molecule has 0 radical (unpaired) electrons. The number of rotatable bonds is 6. The summed E-state index contributed by atoms with van der Waals surface area (Å²) in [5.41, 5.74) is 0. The van der Waals surface area contributed by atoms with Crippen molar-refractivity contribution in [3.63, 3.8) is 0 Å². The van der Waals surface area contributed by atoms with Crippen molar-refractivity contribution in [2.75, 3.05) is 13.1 Å². The minimum absolute atomic E-state index is 0.768. The number of amides is 2. The lowest BCUT2D eigenvalue weighted by molar-refractivity contribution is -0.303. The van der Waals surface area contributed by atoms with Gasteiger partial charge in [-0.1, -0.05) is 0 Å². The van der Waals surface area contributed by atoms with Gasteiger partial charge in [-0.15, -0.1) is 0 Å². The number of nitrogens with one attached hydrogen (secondary N) is 2. The smallest absolute Gasteiger partial charge is 0.350 e. The Bertz CT molecular complexity index is 327. The fraction of sp³-hybridized carbons (Fsp3) is 0.778. The van der Waals surface area contributed by atoms with Gasteiger partial charge in [0, 0.05) is 13.8 Å². The highest BCUT2D eigenvalue weighted by Crippen LogP contribution is 2.45. The number of hydrogen-bond donors (Lipinski definition) is 2. The highest BCUT2D eigenvalue weighted by Gasteiger charge is 2.71. The van der Waals surface area contributed by atoms with E-state index in [0.717, 1.165) is 13.8 Å². The summed E-state index contributed by atoms with van der Waals surface area (Å²) in [5, 5.41) is 2.68. The van der Waals surface area contributed by atoms with Crippen LogP contribution in [0.5, 0.6) is 0 Å². The van der Waals surface area contributed by atoms with E-state index in [1.807, 2.05) is 0 Å². The predicted molar refractivity (Wildman–Crippen MR) is 52.2 cm³/mol. The Hall–Kier alpha value is -1.48. The van der Waals surface area contributed by atoms with Crippen LogP contribution in [0.15, 0.2) is 0 Å². The Morgan fingerprint density at radius 2 is 1.05 bits per heavy atom. The van der Waals surface area contributed by atoms with Gasteiger partial charge < -0.3 is 10.6 Å². The molecule has 0 aliphatic rings. The van der Waals surface area contributed by atoms with E-state index in [-0.39, 0.29) is 0 Å². The summed E-state index contributed by atoms with van der Waals surface area (Å²) in [7, 11) is 0. The quantitative estimate of drug-likeness (QED) is 0.722. The number of halogens is 6. The van der Waals surface area contributed by atoms with Gasteiger partial charge in [0.1, 0.15) is 0 Å². The zero-order chi connectivity index (χ0) is 15.5. The molecular weight excluding hydrogens is 282 g/mol. The molecule has 0 heterocycles. The van der Waals surface area contributed by atoms with Crippen LogP contribution in [0.4, 0.5) is 26.3 Å². The van der Waals surface area contributed by atoms with E-state index in [9.17, 15) is 35.9 Å². The van der Waals surface area contributed by atoms with E-state index < -0.39 is 42.7 Å². The van der Waals surface area contributed by atoms with Gasteiger partial charge in [0.2, 0.25) is 11.8 Å². The maximum atomic E-state index is 13.1. The lowest BCUT2D eigenvalue weighted by atomic mass is 10.0. The molecule has 0 fully saturated rings. The SMILES string of the molecule is CC(=O)NCC(F)(F)C(F)(F)C(F)(F)CNC(C)=O. The third kappa shape index (κ3) is 4.28. The summed E-state index contributed by atoms with van der Waals surface area (Å²) in [6, 6.07) is 0. The maximum absolute atomic E-state index is 13.1. The molecule has 2 N–H and O–H groups in total. The largest absolute Gasteiger partial charge is 0.375 e. The Labute approximate surface area is 104 Å². The van der Waals surface area contributed by atoms with Crippen LogP contribution in [0.25, 0.3) is 0 Å². The van der Waals surface area contributed by atoms with Crippen molar-refractivity contribution in [2.24, 2.45) is 0 Å². The average molecular weight is 294 g/mol. The summed E-state index contributed by atoms with van der Waals surface area (Å²) < 4.78 is 78.3. The summed E-state index contributed by atoms with van der Waals surface area (Å²) in [5.74, 6) is -18.2. The average Bonchev–Trinajstić information content (AvgIpc) is 2.23. The van der Waals surface area contributed by atoms with E-state index in [4.69, 9.17) is 0 Å².